The van der Waals surface area contributed by atoms with E-state index in [1.165, 1.54) is 0 Å². The van der Waals surface area contributed by atoms with Crippen molar-refractivity contribution in [2.24, 2.45) is 5.92 Å². The van der Waals surface area contributed by atoms with Crippen molar-refractivity contribution < 1.29 is 28.8 Å². The average Bonchev–Trinajstić information content (AvgIpc) is 3.37. The van der Waals surface area contributed by atoms with Gasteiger partial charge in [-0.1, -0.05) is 18.2 Å². The van der Waals surface area contributed by atoms with E-state index in [1.807, 2.05) is 56.3 Å². The van der Waals surface area contributed by atoms with Gasteiger partial charge in [0, 0.05) is 25.0 Å². The minimum atomic E-state index is -0.809. The van der Waals surface area contributed by atoms with E-state index < -0.39 is 11.9 Å². The third kappa shape index (κ3) is 4.48. The van der Waals surface area contributed by atoms with Gasteiger partial charge in [0.1, 0.15) is 5.75 Å². The fraction of sp³-hybridized carbons (Fsp3) is 0.458. The van der Waals surface area contributed by atoms with Gasteiger partial charge in [-0.05, 0) is 49.2 Å². The van der Waals surface area contributed by atoms with Crippen molar-refractivity contribution in [3.63, 3.8) is 0 Å². The molecular formula is C24H29NO6. The molecule has 0 amide bonds. The van der Waals surface area contributed by atoms with E-state index in [4.69, 9.17) is 18.9 Å². The molecule has 0 spiro atoms. The molecule has 2 aliphatic rings. The lowest BCUT2D eigenvalue weighted by Gasteiger charge is -2.27. The van der Waals surface area contributed by atoms with Gasteiger partial charge in [-0.15, -0.1) is 0 Å². The monoisotopic (exact) mass is 427 g/mol. The standard InChI is InChI=1S/C24H29NO6/c1-15(2)29-11-10-25-13-19(17-6-9-20-21(12-17)31-14-30-20)22(24(26)27)23(25)16-4-7-18(28-3)8-5-16/h4-9,12,15,19,22-23H,10-11,13-14H2,1-3H3,(H,26,27)/t19-,22-,23+/m0/s1. The molecule has 1 fully saturated rings. The van der Waals surface area contributed by atoms with E-state index in [0.29, 0.717) is 31.2 Å². The van der Waals surface area contributed by atoms with Gasteiger partial charge in [0.15, 0.2) is 11.5 Å². The zero-order valence-corrected chi connectivity index (χ0v) is 18.1. The van der Waals surface area contributed by atoms with Crippen molar-refractivity contribution >= 4 is 5.97 Å². The number of hydrogen-bond acceptors (Lipinski definition) is 6. The molecule has 2 aromatic carbocycles. The Morgan fingerprint density at radius 1 is 1.13 bits per heavy atom. The summed E-state index contributed by atoms with van der Waals surface area (Å²) in [6.45, 7) is 6.01. The Kier molecular flexibility index (Phi) is 6.34. The zero-order valence-electron chi connectivity index (χ0n) is 18.1. The summed E-state index contributed by atoms with van der Waals surface area (Å²) in [5.74, 6) is 0.518. The molecule has 2 heterocycles. The highest BCUT2D eigenvalue weighted by atomic mass is 16.7. The Morgan fingerprint density at radius 3 is 2.52 bits per heavy atom. The molecule has 7 heteroatoms. The van der Waals surface area contributed by atoms with Gasteiger partial charge in [-0.3, -0.25) is 9.69 Å². The number of hydrogen-bond donors (Lipinski definition) is 1. The normalized spacial score (nSPS) is 22.8. The van der Waals surface area contributed by atoms with Crippen molar-refractivity contribution in [1.82, 2.24) is 4.90 Å². The van der Waals surface area contributed by atoms with Crippen LogP contribution in [0.2, 0.25) is 0 Å². The Bertz CT molecular complexity index is 913. The topological polar surface area (TPSA) is 77.5 Å². The fourth-order valence-electron chi connectivity index (χ4n) is 4.55. The Labute approximate surface area is 182 Å². The molecule has 3 atom stereocenters. The number of methoxy groups -OCH3 is 1. The molecule has 0 aromatic heterocycles. The van der Waals surface area contributed by atoms with Gasteiger partial charge < -0.3 is 24.1 Å². The number of carboxylic acid groups (broad SMARTS) is 1. The summed E-state index contributed by atoms with van der Waals surface area (Å²) in [6, 6.07) is 13.1. The van der Waals surface area contributed by atoms with Crippen LogP contribution < -0.4 is 14.2 Å². The molecule has 4 rings (SSSR count). The SMILES string of the molecule is COc1ccc([C@@H]2[C@@H](C(=O)O)[C@H](c3ccc4c(c3)OCO4)CN2CCOC(C)C)cc1. The molecule has 2 aromatic rings. The number of likely N-dealkylation sites (tertiary alicyclic amines) is 1. The second-order valence-electron chi connectivity index (χ2n) is 8.22. The molecule has 0 unspecified atom stereocenters. The number of ether oxygens (including phenoxy) is 4. The van der Waals surface area contributed by atoms with Crippen LogP contribution in [0.5, 0.6) is 17.2 Å². The van der Waals surface area contributed by atoms with Crippen molar-refractivity contribution in [3.8, 4) is 17.2 Å². The second kappa shape index (κ2) is 9.16. The molecule has 0 radical (unpaired) electrons. The maximum Gasteiger partial charge on any atom is 0.309 e. The first kappa shape index (κ1) is 21.5. The van der Waals surface area contributed by atoms with Gasteiger partial charge in [-0.25, -0.2) is 0 Å². The molecule has 0 bridgehead atoms. The van der Waals surface area contributed by atoms with E-state index in [-0.39, 0.29) is 24.9 Å². The quantitative estimate of drug-likeness (QED) is 0.688. The Balaban J connectivity index is 1.67. The summed E-state index contributed by atoms with van der Waals surface area (Å²) in [5.41, 5.74) is 1.91. The highest BCUT2D eigenvalue weighted by Gasteiger charge is 2.47. The molecule has 0 aliphatic carbocycles. The minimum Gasteiger partial charge on any atom is -0.497 e. The van der Waals surface area contributed by atoms with Crippen LogP contribution in [0.15, 0.2) is 42.5 Å². The molecule has 166 valence electrons. The lowest BCUT2D eigenvalue weighted by atomic mass is 9.82. The van der Waals surface area contributed by atoms with E-state index in [0.717, 1.165) is 16.9 Å². The molecule has 0 saturated carbocycles. The first-order chi connectivity index (χ1) is 15.0. The second-order valence-corrected chi connectivity index (χ2v) is 8.22. The van der Waals surface area contributed by atoms with E-state index in [9.17, 15) is 9.90 Å². The number of benzene rings is 2. The van der Waals surface area contributed by atoms with Crippen LogP contribution >= 0.6 is 0 Å². The smallest absolute Gasteiger partial charge is 0.309 e. The van der Waals surface area contributed by atoms with Crippen molar-refractivity contribution in [1.29, 1.82) is 0 Å². The third-order valence-electron chi connectivity index (χ3n) is 6.00. The fourth-order valence-corrected chi connectivity index (χ4v) is 4.55. The average molecular weight is 427 g/mol. The summed E-state index contributed by atoms with van der Waals surface area (Å²) in [6.07, 6.45) is 0.127. The van der Waals surface area contributed by atoms with Crippen LogP contribution in [0, 0.1) is 5.92 Å². The predicted octanol–water partition coefficient (Wildman–Crippen LogP) is 3.69. The third-order valence-corrected chi connectivity index (χ3v) is 6.00. The lowest BCUT2D eigenvalue weighted by Crippen LogP contribution is -2.31. The molecule has 1 N–H and O–H groups in total. The van der Waals surface area contributed by atoms with Crippen molar-refractivity contribution in [2.45, 2.75) is 31.9 Å². The van der Waals surface area contributed by atoms with E-state index in [2.05, 4.69) is 4.90 Å². The Morgan fingerprint density at radius 2 is 1.84 bits per heavy atom. The molecule has 7 nitrogen and oxygen atoms in total. The first-order valence-corrected chi connectivity index (χ1v) is 10.6. The molecule has 1 saturated heterocycles. The summed E-state index contributed by atoms with van der Waals surface area (Å²) in [7, 11) is 1.62. The number of aliphatic carboxylic acids is 1. The summed E-state index contributed by atoms with van der Waals surface area (Å²) in [5, 5.41) is 10.3. The lowest BCUT2D eigenvalue weighted by molar-refractivity contribution is -0.143. The van der Waals surface area contributed by atoms with Gasteiger partial charge in [0.05, 0.1) is 25.7 Å². The van der Waals surface area contributed by atoms with Crippen LogP contribution in [-0.4, -0.2) is 55.7 Å². The van der Waals surface area contributed by atoms with Gasteiger partial charge in [-0.2, -0.15) is 0 Å². The minimum absolute atomic E-state index is 0.127. The van der Waals surface area contributed by atoms with Gasteiger partial charge >= 0.3 is 5.97 Å². The van der Waals surface area contributed by atoms with Crippen molar-refractivity contribution in [3.05, 3.63) is 53.6 Å². The Hall–Kier alpha value is -2.77. The number of carboxylic acids is 1. The highest BCUT2D eigenvalue weighted by Crippen LogP contribution is 2.47. The van der Waals surface area contributed by atoms with E-state index >= 15 is 0 Å². The van der Waals surface area contributed by atoms with Crippen LogP contribution in [0.4, 0.5) is 0 Å². The number of rotatable bonds is 8. The maximum atomic E-state index is 12.5. The highest BCUT2D eigenvalue weighted by molar-refractivity contribution is 5.74. The van der Waals surface area contributed by atoms with Crippen molar-refractivity contribution in [2.75, 3.05) is 33.6 Å². The summed E-state index contributed by atoms with van der Waals surface area (Å²) in [4.78, 5) is 14.7. The summed E-state index contributed by atoms with van der Waals surface area (Å²) < 4.78 is 22.0. The summed E-state index contributed by atoms with van der Waals surface area (Å²) >= 11 is 0. The predicted molar refractivity (Wildman–Crippen MR) is 115 cm³/mol. The van der Waals surface area contributed by atoms with Crippen LogP contribution in [0.1, 0.15) is 36.9 Å². The number of nitrogens with zero attached hydrogens (tertiary/aromatic N) is 1. The zero-order chi connectivity index (χ0) is 22.0. The molecular weight excluding hydrogens is 398 g/mol. The van der Waals surface area contributed by atoms with Crippen LogP contribution in [0.25, 0.3) is 0 Å². The van der Waals surface area contributed by atoms with Gasteiger partial charge in [0.2, 0.25) is 6.79 Å². The molecule has 31 heavy (non-hydrogen) atoms. The van der Waals surface area contributed by atoms with E-state index in [1.54, 1.807) is 7.11 Å². The number of carbonyl (C=O) groups is 1. The number of fused-ring (bicyclic) bond motifs is 1. The molecule has 2 aliphatic heterocycles. The largest absolute Gasteiger partial charge is 0.497 e. The van der Waals surface area contributed by atoms with Crippen LogP contribution in [-0.2, 0) is 9.53 Å². The first-order valence-electron chi connectivity index (χ1n) is 10.6. The van der Waals surface area contributed by atoms with Crippen LogP contribution in [0.3, 0.4) is 0 Å². The van der Waals surface area contributed by atoms with Gasteiger partial charge in [0.25, 0.3) is 0 Å². The maximum absolute atomic E-state index is 12.5.